The number of hydrogen-bond donors (Lipinski definition) is 2. The van der Waals surface area contributed by atoms with Crippen LogP contribution in [-0.4, -0.2) is 18.6 Å². The Morgan fingerprint density at radius 2 is 0.960 bits per heavy atom. The third-order valence-electron chi connectivity index (χ3n) is 5.19. The second-order valence-electron chi connectivity index (χ2n) is 7.09. The maximum absolute atomic E-state index is 3.45. The highest BCUT2D eigenvalue weighted by atomic mass is 16.0. The molecule has 2 saturated carbocycles. The van der Waals surface area contributed by atoms with E-state index in [0.29, 0.717) is 0 Å². The summed E-state index contributed by atoms with van der Waals surface area (Å²) in [4.78, 5) is 0. The van der Waals surface area contributed by atoms with E-state index in [2.05, 4.69) is 71.3 Å². The number of anilines is 2. The van der Waals surface area contributed by atoms with Crippen LogP contribution in [0.4, 0.5) is 11.4 Å². The highest BCUT2D eigenvalue weighted by Crippen LogP contribution is 2.27. The molecule has 3 heteroatoms. The average molecular weight is 341 g/mol. The first-order valence-electron chi connectivity index (χ1n) is 9.48. The molecule has 4 N–H and O–H groups in total. The standard InChI is InChI=1S/2C11H15N.H2O/c2*1-2-7-11(8-3-1)12-9-10-5-4-6-10;/h2*1-3,7-8,10,12H,4-6,9H2;1H2. The van der Waals surface area contributed by atoms with Crippen molar-refractivity contribution < 1.29 is 5.48 Å². The maximum Gasteiger partial charge on any atom is 0.0340 e. The van der Waals surface area contributed by atoms with Gasteiger partial charge in [-0.3, -0.25) is 0 Å². The molecule has 3 nitrogen and oxygen atoms in total. The first-order chi connectivity index (χ1) is 11.9. The van der Waals surface area contributed by atoms with Crippen molar-refractivity contribution in [1.29, 1.82) is 0 Å². The summed E-state index contributed by atoms with van der Waals surface area (Å²) in [6.45, 7) is 2.31. The fourth-order valence-electron chi connectivity index (χ4n) is 3.03. The molecule has 0 aromatic heterocycles. The van der Waals surface area contributed by atoms with Gasteiger partial charge in [0.25, 0.3) is 0 Å². The predicted molar refractivity (Wildman–Crippen MR) is 108 cm³/mol. The van der Waals surface area contributed by atoms with E-state index in [1.165, 1.54) is 49.9 Å². The number of benzene rings is 2. The van der Waals surface area contributed by atoms with Gasteiger partial charge in [0.15, 0.2) is 0 Å². The van der Waals surface area contributed by atoms with Crippen molar-refractivity contribution in [2.24, 2.45) is 11.8 Å². The molecule has 136 valence electrons. The summed E-state index contributed by atoms with van der Waals surface area (Å²) in [5.41, 5.74) is 2.51. The molecular formula is C22H32N2O. The number of nitrogens with one attached hydrogen (secondary N) is 2. The summed E-state index contributed by atoms with van der Waals surface area (Å²) in [6.07, 6.45) is 8.53. The van der Waals surface area contributed by atoms with E-state index in [4.69, 9.17) is 0 Å². The fraction of sp³-hybridized carbons (Fsp3) is 0.455. The van der Waals surface area contributed by atoms with Crippen LogP contribution in [-0.2, 0) is 0 Å². The summed E-state index contributed by atoms with van der Waals surface area (Å²) in [7, 11) is 0. The van der Waals surface area contributed by atoms with Crippen molar-refractivity contribution in [1.82, 2.24) is 0 Å². The van der Waals surface area contributed by atoms with Gasteiger partial charge in [-0.25, -0.2) is 0 Å². The molecular weight excluding hydrogens is 308 g/mol. The normalized spacial score (nSPS) is 16.3. The van der Waals surface area contributed by atoms with Gasteiger partial charge in [0.05, 0.1) is 0 Å². The quantitative estimate of drug-likeness (QED) is 0.780. The Balaban J connectivity index is 0.000000173. The molecule has 0 bridgehead atoms. The van der Waals surface area contributed by atoms with Gasteiger partial charge in [-0.2, -0.15) is 0 Å². The molecule has 2 aromatic rings. The van der Waals surface area contributed by atoms with Gasteiger partial charge >= 0.3 is 0 Å². The minimum Gasteiger partial charge on any atom is -0.412 e. The molecule has 4 rings (SSSR count). The number of para-hydroxylation sites is 2. The predicted octanol–water partition coefficient (Wildman–Crippen LogP) is 4.97. The number of rotatable bonds is 6. The Morgan fingerprint density at radius 3 is 1.24 bits per heavy atom. The van der Waals surface area contributed by atoms with Crippen LogP contribution in [0.15, 0.2) is 60.7 Å². The Bertz CT molecular complexity index is 512. The Hall–Kier alpha value is -2.00. The molecule has 2 aromatic carbocycles. The van der Waals surface area contributed by atoms with Crippen molar-refractivity contribution in [3.8, 4) is 0 Å². The van der Waals surface area contributed by atoms with Crippen molar-refractivity contribution in [2.45, 2.75) is 38.5 Å². The minimum absolute atomic E-state index is 0. The molecule has 0 spiro atoms. The van der Waals surface area contributed by atoms with Gasteiger partial charge in [-0.1, -0.05) is 49.2 Å². The van der Waals surface area contributed by atoms with Crippen LogP contribution in [0.2, 0.25) is 0 Å². The molecule has 0 heterocycles. The van der Waals surface area contributed by atoms with Crippen LogP contribution in [0.1, 0.15) is 38.5 Å². The van der Waals surface area contributed by atoms with E-state index in [1.807, 2.05) is 0 Å². The molecule has 2 aliphatic rings. The summed E-state index contributed by atoms with van der Waals surface area (Å²) in [5.74, 6) is 1.87. The highest BCUT2D eigenvalue weighted by molar-refractivity contribution is 5.43. The molecule has 25 heavy (non-hydrogen) atoms. The zero-order valence-corrected chi connectivity index (χ0v) is 15.1. The lowest BCUT2D eigenvalue weighted by Crippen LogP contribution is -2.20. The summed E-state index contributed by atoms with van der Waals surface area (Å²) in [6, 6.07) is 20.9. The van der Waals surface area contributed by atoms with E-state index < -0.39 is 0 Å². The SMILES string of the molecule is O.c1ccc(NCC2CCC2)cc1.c1ccc(NCC2CCC2)cc1. The largest absolute Gasteiger partial charge is 0.412 e. The van der Waals surface area contributed by atoms with Crippen LogP contribution in [0, 0.1) is 11.8 Å². The number of hydrogen-bond acceptors (Lipinski definition) is 2. The minimum atomic E-state index is 0. The maximum atomic E-state index is 3.45. The van der Waals surface area contributed by atoms with Gasteiger partial charge < -0.3 is 16.1 Å². The summed E-state index contributed by atoms with van der Waals surface area (Å²) >= 11 is 0. The zero-order chi connectivity index (χ0) is 16.5. The topological polar surface area (TPSA) is 55.6 Å². The molecule has 0 atom stereocenters. The van der Waals surface area contributed by atoms with E-state index in [1.54, 1.807) is 0 Å². The van der Waals surface area contributed by atoms with E-state index in [9.17, 15) is 0 Å². The Kier molecular flexibility index (Phi) is 8.33. The second-order valence-corrected chi connectivity index (χ2v) is 7.09. The molecule has 0 radical (unpaired) electrons. The van der Waals surface area contributed by atoms with E-state index >= 15 is 0 Å². The lowest BCUT2D eigenvalue weighted by Gasteiger charge is -2.25. The van der Waals surface area contributed by atoms with Crippen LogP contribution >= 0.6 is 0 Å². The zero-order valence-electron chi connectivity index (χ0n) is 15.1. The lowest BCUT2D eigenvalue weighted by molar-refractivity contribution is 0.333. The van der Waals surface area contributed by atoms with Crippen molar-refractivity contribution in [3.05, 3.63) is 60.7 Å². The molecule has 2 aliphatic carbocycles. The van der Waals surface area contributed by atoms with E-state index in [-0.39, 0.29) is 5.48 Å². The fourth-order valence-corrected chi connectivity index (χ4v) is 3.03. The summed E-state index contributed by atoms with van der Waals surface area (Å²) < 4.78 is 0. The van der Waals surface area contributed by atoms with Gasteiger partial charge in [0.1, 0.15) is 0 Å². The first-order valence-corrected chi connectivity index (χ1v) is 9.48. The van der Waals surface area contributed by atoms with Gasteiger partial charge in [-0.15, -0.1) is 0 Å². The van der Waals surface area contributed by atoms with Crippen LogP contribution < -0.4 is 10.6 Å². The lowest BCUT2D eigenvalue weighted by atomic mass is 9.85. The second kappa shape index (κ2) is 10.8. The van der Waals surface area contributed by atoms with Crippen molar-refractivity contribution >= 4 is 11.4 Å². The molecule has 0 saturated heterocycles. The van der Waals surface area contributed by atoms with Gasteiger partial charge in [0, 0.05) is 24.5 Å². The third kappa shape index (κ3) is 6.79. The Morgan fingerprint density at radius 1 is 0.600 bits per heavy atom. The molecule has 2 fully saturated rings. The van der Waals surface area contributed by atoms with Gasteiger partial charge in [-0.05, 0) is 61.8 Å². The first kappa shape index (κ1) is 19.3. The van der Waals surface area contributed by atoms with E-state index in [0.717, 1.165) is 24.9 Å². The van der Waals surface area contributed by atoms with Crippen LogP contribution in [0.3, 0.4) is 0 Å². The smallest absolute Gasteiger partial charge is 0.0340 e. The highest BCUT2D eigenvalue weighted by Gasteiger charge is 2.16. The van der Waals surface area contributed by atoms with Crippen molar-refractivity contribution in [3.63, 3.8) is 0 Å². The van der Waals surface area contributed by atoms with Crippen molar-refractivity contribution in [2.75, 3.05) is 23.7 Å². The summed E-state index contributed by atoms with van der Waals surface area (Å²) in [5, 5.41) is 6.89. The van der Waals surface area contributed by atoms with Gasteiger partial charge in [0.2, 0.25) is 0 Å². The average Bonchev–Trinajstić information content (AvgIpc) is 2.55. The Labute approximate surface area is 152 Å². The monoisotopic (exact) mass is 340 g/mol. The van der Waals surface area contributed by atoms with Crippen LogP contribution in [0.5, 0.6) is 0 Å². The molecule has 0 amide bonds. The molecule has 0 aliphatic heterocycles. The van der Waals surface area contributed by atoms with Crippen LogP contribution in [0.25, 0.3) is 0 Å². The molecule has 0 unspecified atom stereocenters. The third-order valence-corrected chi connectivity index (χ3v) is 5.19.